The molecule has 1 aliphatic carbocycles. The minimum Gasteiger partial charge on any atom is -0.485 e. The van der Waals surface area contributed by atoms with Gasteiger partial charge >= 0.3 is 5.97 Å². The van der Waals surface area contributed by atoms with E-state index < -0.39 is 5.97 Å². The summed E-state index contributed by atoms with van der Waals surface area (Å²) < 4.78 is 11.6. The van der Waals surface area contributed by atoms with Crippen molar-refractivity contribution >= 4 is 5.97 Å². The van der Waals surface area contributed by atoms with E-state index >= 15 is 0 Å². The molecule has 1 fully saturated rings. The maximum absolute atomic E-state index is 11.4. The molecular formula is C27H27NO4. The van der Waals surface area contributed by atoms with Gasteiger partial charge < -0.3 is 14.6 Å². The van der Waals surface area contributed by atoms with Crippen LogP contribution in [0.4, 0.5) is 0 Å². The Morgan fingerprint density at radius 1 is 1.09 bits per heavy atom. The van der Waals surface area contributed by atoms with Crippen molar-refractivity contribution in [3.8, 4) is 22.8 Å². The number of methoxy groups -OCH3 is 1. The molecule has 2 atom stereocenters. The fraction of sp³-hybridized carbons (Fsp3) is 0.333. The smallest absolute Gasteiger partial charge is 0.303 e. The molecule has 0 spiro atoms. The minimum absolute atomic E-state index is 0.00220. The van der Waals surface area contributed by atoms with Crippen LogP contribution in [0.25, 0.3) is 11.1 Å². The molecule has 3 aromatic rings. The lowest BCUT2D eigenvalue weighted by molar-refractivity contribution is -0.137. The Kier molecular flexibility index (Phi) is 5.56. The van der Waals surface area contributed by atoms with Gasteiger partial charge in [0.25, 0.3) is 0 Å². The molecule has 1 saturated carbocycles. The maximum atomic E-state index is 11.4. The Hall–Kier alpha value is -3.34. The summed E-state index contributed by atoms with van der Waals surface area (Å²) in [5.41, 5.74) is 5.61. The molecule has 0 amide bonds. The number of ether oxygens (including phenoxy) is 2. The predicted octanol–water partition coefficient (Wildman–Crippen LogP) is 5.79. The van der Waals surface area contributed by atoms with E-state index in [9.17, 15) is 9.90 Å². The Balaban J connectivity index is 1.35. The number of hydrogen-bond donors (Lipinski definition) is 1. The highest BCUT2D eigenvalue weighted by Crippen LogP contribution is 2.46. The standard InChI is InChI=1S/C27H27NO4/c1-31-26-15-21(12-13-28-26)17-2-6-19(7-3-17)24-11-10-20-8-9-22(14-25(20)32-24)23(16-27(29)30)18-4-5-18/h2-3,6-9,12-15,18,23-24H,4-5,10-11,16H2,1H3,(H,29,30)/t23-,24?/m0/s1. The third kappa shape index (κ3) is 4.33. The molecule has 1 N–H and O–H groups in total. The van der Waals surface area contributed by atoms with Crippen molar-refractivity contribution in [2.75, 3.05) is 7.11 Å². The highest BCUT2D eigenvalue weighted by molar-refractivity contribution is 5.68. The fourth-order valence-corrected chi connectivity index (χ4v) is 4.69. The van der Waals surface area contributed by atoms with Gasteiger partial charge in [-0.1, -0.05) is 36.4 Å². The molecule has 0 saturated heterocycles. The van der Waals surface area contributed by atoms with Gasteiger partial charge in [0, 0.05) is 12.3 Å². The number of carboxylic acids is 1. The molecule has 164 valence electrons. The molecule has 2 aromatic carbocycles. The average Bonchev–Trinajstić information content (AvgIpc) is 3.67. The maximum Gasteiger partial charge on any atom is 0.303 e. The van der Waals surface area contributed by atoms with Crippen molar-refractivity contribution in [2.24, 2.45) is 5.92 Å². The summed E-state index contributed by atoms with van der Waals surface area (Å²) in [4.78, 5) is 15.5. The first-order valence-corrected chi connectivity index (χ1v) is 11.2. The highest BCUT2D eigenvalue weighted by atomic mass is 16.5. The van der Waals surface area contributed by atoms with E-state index in [0.717, 1.165) is 53.7 Å². The molecule has 2 aliphatic rings. The number of pyridine rings is 1. The number of aryl methyl sites for hydroxylation is 1. The molecule has 5 rings (SSSR count). The van der Waals surface area contributed by atoms with E-state index in [-0.39, 0.29) is 18.4 Å². The third-order valence-electron chi connectivity index (χ3n) is 6.61. The van der Waals surface area contributed by atoms with E-state index in [0.29, 0.717) is 11.8 Å². The van der Waals surface area contributed by atoms with Gasteiger partial charge in [0.05, 0.1) is 13.5 Å². The summed E-state index contributed by atoms with van der Waals surface area (Å²) in [6.07, 6.45) is 6.06. The van der Waals surface area contributed by atoms with Crippen LogP contribution >= 0.6 is 0 Å². The van der Waals surface area contributed by atoms with Crippen LogP contribution in [0.5, 0.6) is 11.6 Å². The van der Waals surface area contributed by atoms with Crippen molar-refractivity contribution in [1.29, 1.82) is 0 Å². The number of aromatic nitrogens is 1. The normalized spacial score (nSPS) is 18.3. The van der Waals surface area contributed by atoms with Gasteiger partial charge in [0.2, 0.25) is 5.88 Å². The number of rotatable bonds is 7. The first kappa shape index (κ1) is 20.6. The largest absolute Gasteiger partial charge is 0.485 e. The summed E-state index contributed by atoms with van der Waals surface area (Å²) in [7, 11) is 1.62. The van der Waals surface area contributed by atoms with Gasteiger partial charge in [-0.25, -0.2) is 4.98 Å². The molecule has 0 bridgehead atoms. The summed E-state index contributed by atoms with van der Waals surface area (Å²) in [5.74, 6) is 1.34. The second-order valence-electron chi connectivity index (χ2n) is 8.76. The average molecular weight is 430 g/mol. The molecule has 5 heteroatoms. The first-order valence-electron chi connectivity index (χ1n) is 11.2. The van der Waals surface area contributed by atoms with Crippen molar-refractivity contribution in [3.05, 3.63) is 77.5 Å². The van der Waals surface area contributed by atoms with Crippen LogP contribution in [0.2, 0.25) is 0 Å². The van der Waals surface area contributed by atoms with Crippen molar-refractivity contribution < 1.29 is 19.4 Å². The quantitative estimate of drug-likeness (QED) is 0.515. The Bertz CT molecular complexity index is 1120. The predicted molar refractivity (Wildman–Crippen MR) is 122 cm³/mol. The van der Waals surface area contributed by atoms with Gasteiger partial charge in [-0.3, -0.25) is 4.79 Å². The van der Waals surface area contributed by atoms with E-state index in [4.69, 9.17) is 9.47 Å². The number of carboxylic acid groups (broad SMARTS) is 1. The molecule has 1 unspecified atom stereocenters. The zero-order chi connectivity index (χ0) is 22.1. The highest BCUT2D eigenvalue weighted by Gasteiger charge is 2.34. The minimum atomic E-state index is -0.731. The van der Waals surface area contributed by atoms with E-state index in [1.54, 1.807) is 13.3 Å². The van der Waals surface area contributed by atoms with Gasteiger partial charge in [-0.2, -0.15) is 0 Å². The zero-order valence-electron chi connectivity index (χ0n) is 18.2. The molecular weight excluding hydrogens is 402 g/mol. The summed E-state index contributed by atoms with van der Waals surface area (Å²) in [6, 6.07) is 18.7. The SMILES string of the molecule is COc1cc(-c2ccc(C3CCc4ccc([C@@H](CC(=O)O)C5CC5)cc4O3)cc2)ccn1. The summed E-state index contributed by atoms with van der Waals surface area (Å²) >= 11 is 0. The van der Waals surface area contributed by atoms with Gasteiger partial charge in [0.15, 0.2) is 0 Å². The molecule has 1 aliphatic heterocycles. The lowest BCUT2D eigenvalue weighted by atomic mass is 9.88. The van der Waals surface area contributed by atoms with Crippen LogP contribution in [0.3, 0.4) is 0 Å². The monoisotopic (exact) mass is 429 g/mol. The first-order chi connectivity index (χ1) is 15.6. The van der Waals surface area contributed by atoms with Gasteiger partial charge in [0.1, 0.15) is 11.9 Å². The van der Waals surface area contributed by atoms with Crippen LogP contribution in [-0.4, -0.2) is 23.2 Å². The lowest BCUT2D eigenvalue weighted by Crippen LogP contribution is -2.16. The van der Waals surface area contributed by atoms with Crippen molar-refractivity contribution in [2.45, 2.75) is 44.1 Å². The summed E-state index contributed by atoms with van der Waals surface area (Å²) in [5, 5.41) is 9.34. The molecule has 32 heavy (non-hydrogen) atoms. The number of nitrogens with zero attached hydrogens (tertiary/aromatic N) is 1. The van der Waals surface area contributed by atoms with E-state index in [2.05, 4.69) is 47.4 Å². The van der Waals surface area contributed by atoms with Crippen LogP contribution < -0.4 is 9.47 Å². The van der Waals surface area contributed by atoms with Crippen LogP contribution in [-0.2, 0) is 11.2 Å². The number of benzene rings is 2. The summed E-state index contributed by atoms with van der Waals surface area (Å²) in [6.45, 7) is 0. The van der Waals surface area contributed by atoms with E-state index in [1.165, 1.54) is 5.56 Å². The molecule has 1 aromatic heterocycles. The number of aliphatic carboxylic acids is 1. The second-order valence-corrected chi connectivity index (χ2v) is 8.76. The Morgan fingerprint density at radius 3 is 2.62 bits per heavy atom. The molecule has 0 radical (unpaired) electrons. The van der Waals surface area contributed by atoms with Crippen molar-refractivity contribution in [3.63, 3.8) is 0 Å². The van der Waals surface area contributed by atoms with Crippen LogP contribution in [0.15, 0.2) is 60.8 Å². The zero-order valence-corrected chi connectivity index (χ0v) is 18.2. The Morgan fingerprint density at radius 2 is 1.91 bits per heavy atom. The van der Waals surface area contributed by atoms with Crippen molar-refractivity contribution in [1.82, 2.24) is 4.98 Å². The number of hydrogen-bond acceptors (Lipinski definition) is 4. The van der Waals surface area contributed by atoms with Gasteiger partial charge in [-0.05, 0) is 77.5 Å². The van der Waals surface area contributed by atoms with Crippen LogP contribution in [0.1, 0.15) is 54.4 Å². The van der Waals surface area contributed by atoms with E-state index in [1.807, 2.05) is 12.1 Å². The van der Waals surface area contributed by atoms with Crippen LogP contribution in [0, 0.1) is 5.92 Å². The number of fused-ring (bicyclic) bond motifs is 1. The molecule has 5 nitrogen and oxygen atoms in total. The second kappa shape index (κ2) is 8.65. The number of carbonyl (C=O) groups is 1. The van der Waals surface area contributed by atoms with Gasteiger partial charge in [-0.15, -0.1) is 0 Å². The topological polar surface area (TPSA) is 68.7 Å². The Labute approximate surface area is 188 Å². The third-order valence-corrected chi connectivity index (χ3v) is 6.61. The molecule has 2 heterocycles. The lowest BCUT2D eigenvalue weighted by Gasteiger charge is -2.28. The fourth-order valence-electron chi connectivity index (χ4n) is 4.69.